The van der Waals surface area contributed by atoms with Crippen molar-refractivity contribution in [3.63, 3.8) is 0 Å². The highest BCUT2D eigenvalue weighted by Crippen LogP contribution is 2.36. The van der Waals surface area contributed by atoms with Gasteiger partial charge in [-0.25, -0.2) is 0 Å². The van der Waals surface area contributed by atoms with Gasteiger partial charge >= 0.3 is 12.4 Å². The van der Waals surface area contributed by atoms with E-state index in [1.54, 1.807) is 4.90 Å². The minimum Gasteiger partial charge on any atom is -0.353 e. The summed E-state index contributed by atoms with van der Waals surface area (Å²) in [6.45, 7) is 4.63. The fourth-order valence-corrected chi connectivity index (χ4v) is 3.00. The molecule has 1 atom stereocenters. The maximum atomic E-state index is 13.0. The van der Waals surface area contributed by atoms with Gasteiger partial charge in [-0.2, -0.15) is 26.3 Å². The van der Waals surface area contributed by atoms with Gasteiger partial charge in [-0.15, -0.1) is 0 Å². The van der Waals surface area contributed by atoms with Gasteiger partial charge < -0.3 is 10.2 Å². The van der Waals surface area contributed by atoms with Crippen molar-refractivity contribution in [1.29, 1.82) is 0 Å². The predicted octanol–water partition coefficient (Wildman–Crippen LogP) is 3.40. The average molecular weight is 439 g/mol. The Morgan fingerprint density at radius 1 is 0.967 bits per heavy atom. The van der Waals surface area contributed by atoms with Crippen molar-refractivity contribution in [2.24, 2.45) is 0 Å². The Balaban J connectivity index is 2.08. The number of halogens is 6. The summed E-state index contributed by atoms with van der Waals surface area (Å²) in [6.07, 6.45) is -9.26. The summed E-state index contributed by atoms with van der Waals surface area (Å²) in [5.41, 5.74) is -3.72. The van der Waals surface area contributed by atoms with Crippen molar-refractivity contribution in [3.8, 4) is 0 Å². The van der Waals surface area contributed by atoms with Gasteiger partial charge in [0.15, 0.2) is 0 Å². The summed E-state index contributed by atoms with van der Waals surface area (Å²) >= 11 is 0. The normalized spacial score (nSPS) is 17.0. The average Bonchev–Trinajstić information content (AvgIpc) is 2.66. The third-order valence-corrected chi connectivity index (χ3v) is 4.88. The van der Waals surface area contributed by atoms with Gasteiger partial charge in [0.25, 0.3) is 5.91 Å². The summed E-state index contributed by atoms with van der Waals surface area (Å²) in [6, 6.07) is 0.877. The van der Waals surface area contributed by atoms with E-state index < -0.39 is 35.0 Å². The molecule has 11 heteroatoms. The van der Waals surface area contributed by atoms with Crippen LogP contribution >= 0.6 is 0 Å². The number of hydrogen-bond donors (Lipinski definition) is 1. The van der Waals surface area contributed by atoms with E-state index in [-0.39, 0.29) is 50.7 Å². The van der Waals surface area contributed by atoms with E-state index >= 15 is 0 Å². The molecular weight excluding hydrogens is 416 g/mol. The molecule has 1 aliphatic rings. The van der Waals surface area contributed by atoms with Crippen LogP contribution < -0.4 is 5.32 Å². The third-order valence-electron chi connectivity index (χ3n) is 4.88. The van der Waals surface area contributed by atoms with E-state index in [1.807, 2.05) is 13.8 Å². The van der Waals surface area contributed by atoms with Crippen molar-refractivity contribution in [2.45, 2.75) is 38.7 Å². The zero-order chi connectivity index (χ0) is 22.7. The van der Waals surface area contributed by atoms with Crippen molar-refractivity contribution in [2.75, 3.05) is 32.7 Å². The van der Waals surface area contributed by atoms with Crippen molar-refractivity contribution in [1.82, 2.24) is 15.1 Å². The molecule has 0 aromatic heterocycles. The van der Waals surface area contributed by atoms with E-state index in [0.29, 0.717) is 12.1 Å². The van der Waals surface area contributed by atoms with Gasteiger partial charge in [-0.05, 0) is 31.5 Å². The Hall–Kier alpha value is -2.30. The summed E-state index contributed by atoms with van der Waals surface area (Å²) in [5, 5.41) is 2.80. The Morgan fingerprint density at radius 3 is 1.90 bits per heavy atom. The molecule has 2 amide bonds. The lowest BCUT2D eigenvalue weighted by molar-refractivity contribution is -0.143. The summed E-state index contributed by atoms with van der Waals surface area (Å²) < 4.78 is 78.0. The second kappa shape index (κ2) is 9.23. The van der Waals surface area contributed by atoms with Crippen LogP contribution in [-0.2, 0) is 17.1 Å². The second-order valence-electron chi connectivity index (χ2n) is 7.24. The molecule has 1 saturated heterocycles. The van der Waals surface area contributed by atoms with Crippen LogP contribution in [0.4, 0.5) is 26.3 Å². The molecule has 0 spiro atoms. The van der Waals surface area contributed by atoms with Gasteiger partial charge in [-0.1, -0.05) is 6.92 Å². The van der Waals surface area contributed by atoms with E-state index in [4.69, 9.17) is 0 Å². The van der Waals surface area contributed by atoms with Gasteiger partial charge in [0, 0.05) is 37.8 Å². The van der Waals surface area contributed by atoms with Crippen LogP contribution in [0.5, 0.6) is 0 Å². The van der Waals surface area contributed by atoms with Crippen molar-refractivity contribution in [3.05, 3.63) is 34.9 Å². The SMILES string of the molecule is CCC(C)NC(=O)CN1CCN(C(=O)c2cc(C(F)(F)F)cc(C(F)(F)F)c2)CC1. The molecule has 0 bridgehead atoms. The Kier molecular flexibility index (Phi) is 7.38. The lowest BCUT2D eigenvalue weighted by Gasteiger charge is -2.34. The summed E-state index contributed by atoms with van der Waals surface area (Å²) in [4.78, 5) is 27.5. The third kappa shape index (κ3) is 6.35. The number of alkyl halides is 6. The van der Waals surface area contributed by atoms with Crippen LogP contribution in [0.3, 0.4) is 0 Å². The van der Waals surface area contributed by atoms with E-state index in [1.165, 1.54) is 4.90 Å². The van der Waals surface area contributed by atoms with E-state index in [9.17, 15) is 35.9 Å². The standard InChI is InChI=1S/C19H23F6N3O2/c1-3-12(2)26-16(29)11-27-4-6-28(7-5-27)17(30)13-8-14(18(20,21)22)10-15(9-13)19(23,24)25/h8-10,12H,3-7,11H2,1-2H3,(H,26,29). The smallest absolute Gasteiger partial charge is 0.353 e. The molecule has 1 unspecified atom stereocenters. The first-order valence-corrected chi connectivity index (χ1v) is 9.41. The lowest BCUT2D eigenvalue weighted by Crippen LogP contribution is -2.51. The fourth-order valence-electron chi connectivity index (χ4n) is 3.00. The van der Waals surface area contributed by atoms with Crippen molar-refractivity contribution >= 4 is 11.8 Å². The molecule has 0 aliphatic carbocycles. The molecule has 0 radical (unpaired) electrons. The van der Waals surface area contributed by atoms with Crippen LogP contribution in [-0.4, -0.2) is 60.4 Å². The highest BCUT2D eigenvalue weighted by atomic mass is 19.4. The minimum absolute atomic E-state index is 0.00930. The van der Waals surface area contributed by atoms with Gasteiger partial charge in [0.2, 0.25) is 5.91 Å². The maximum absolute atomic E-state index is 13.0. The highest BCUT2D eigenvalue weighted by Gasteiger charge is 2.38. The number of hydrogen-bond acceptors (Lipinski definition) is 3. The lowest BCUT2D eigenvalue weighted by atomic mass is 10.0. The monoisotopic (exact) mass is 439 g/mol. The molecule has 2 rings (SSSR count). The molecule has 30 heavy (non-hydrogen) atoms. The Morgan fingerprint density at radius 2 is 1.47 bits per heavy atom. The molecule has 1 aromatic rings. The van der Waals surface area contributed by atoms with Crippen LogP contribution in [0.15, 0.2) is 18.2 Å². The van der Waals surface area contributed by atoms with Crippen LogP contribution in [0.25, 0.3) is 0 Å². The number of piperazine rings is 1. The molecule has 1 aliphatic heterocycles. The fraction of sp³-hybridized carbons (Fsp3) is 0.579. The molecule has 168 valence electrons. The molecule has 1 aromatic carbocycles. The van der Waals surface area contributed by atoms with Gasteiger partial charge in [0.05, 0.1) is 17.7 Å². The van der Waals surface area contributed by atoms with Gasteiger partial charge in [-0.3, -0.25) is 14.5 Å². The predicted molar refractivity (Wildman–Crippen MR) is 96.7 cm³/mol. The largest absolute Gasteiger partial charge is 0.416 e. The molecule has 1 fully saturated rings. The Bertz CT molecular complexity index is 738. The topological polar surface area (TPSA) is 52.7 Å². The molecular formula is C19H23F6N3O2. The second-order valence-corrected chi connectivity index (χ2v) is 7.24. The quantitative estimate of drug-likeness (QED) is 0.716. The first-order chi connectivity index (χ1) is 13.8. The first-order valence-electron chi connectivity index (χ1n) is 9.41. The summed E-state index contributed by atoms with van der Waals surface area (Å²) in [7, 11) is 0. The minimum atomic E-state index is -5.02. The molecule has 0 saturated carbocycles. The number of amides is 2. The zero-order valence-electron chi connectivity index (χ0n) is 16.5. The Labute approximate surface area is 170 Å². The molecule has 1 N–H and O–H groups in total. The van der Waals surface area contributed by atoms with E-state index in [2.05, 4.69) is 5.32 Å². The number of benzene rings is 1. The number of nitrogens with zero attached hydrogens (tertiary/aromatic N) is 2. The van der Waals surface area contributed by atoms with Crippen molar-refractivity contribution < 1.29 is 35.9 Å². The van der Waals surface area contributed by atoms with Crippen LogP contribution in [0.1, 0.15) is 41.8 Å². The number of nitrogens with one attached hydrogen (secondary N) is 1. The number of carbonyl (C=O) groups is 2. The number of carbonyl (C=O) groups excluding carboxylic acids is 2. The van der Waals surface area contributed by atoms with Gasteiger partial charge in [0.1, 0.15) is 0 Å². The zero-order valence-corrected chi connectivity index (χ0v) is 16.5. The van der Waals surface area contributed by atoms with E-state index in [0.717, 1.165) is 6.42 Å². The summed E-state index contributed by atoms with van der Waals surface area (Å²) in [5.74, 6) is -1.09. The highest BCUT2D eigenvalue weighted by molar-refractivity contribution is 5.94. The molecule has 1 heterocycles. The first kappa shape index (κ1) is 24.0. The maximum Gasteiger partial charge on any atom is 0.416 e. The molecule has 5 nitrogen and oxygen atoms in total. The van der Waals surface area contributed by atoms with Crippen LogP contribution in [0, 0.1) is 0 Å². The number of rotatable bonds is 5. The van der Waals surface area contributed by atoms with Crippen LogP contribution in [0.2, 0.25) is 0 Å².